The van der Waals surface area contributed by atoms with Crippen LogP contribution < -0.4 is 4.90 Å². The number of benzene rings is 2. The molecule has 0 bridgehead atoms. The van der Waals surface area contributed by atoms with Gasteiger partial charge < -0.3 is 10.0 Å². The molecule has 0 aliphatic carbocycles. The molecule has 2 nitrogen and oxygen atoms in total. The van der Waals surface area contributed by atoms with Crippen molar-refractivity contribution in [3.8, 4) is 0 Å². The highest BCUT2D eigenvalue weighted by Crippen LogP contribution is 2.25. The average molecular weight is 245 g/mol. The molecule has 0 spiro atoms. The number of rotatable bonds is 3. The summed E-state index contributed by atoms with van der Waals surface area (Å²) in [6, 6.07) is 13.6. The predicted octanol–water partition coefficient (Wildman–Crippen LogP) is 2.97. The van der Waals surface area contributed by atoms with E-state index in [1.807, 2.05) is 43.3 Å². The monoisotopic (exact) mass is 245 g/mol. The Bertz CT molecular complexity index is 540. The van der Waals surface area contributed by atoms with Crippen LogP contribution in [0.2, 0.25) is 0 Å². The first-order chi connectivity index (χ1) is 8.58. The maximum Gasteiger partial charge on any atom is 0.123 e. The van der Waals surface area contributed by atoms with E-state index in [-0.39, 0.29) is 5.82 Å². The molecule has 3 heteroatoms. The first-order valence-corrected chi connectivity index (χ1v) is 5.79. The summed E-state index contributed by atoms with van der Waals surface area (Å²) in [5, 5.41) is 10.2. The first kappa shape index (κ1) is 12.6. The highest BCUT2D eigenvalue weighted by molar-refractivity contribution is 5.48. The minimum atomic E-state index is -0.805. The molecule has 0 saturated carbocycles. The van der Waals surface area contributed by atoms with E-state index < -0.39 is 6.10 Å². The van der Waals surface area contributed by atoms with Crippen molar-refractivity contribution in [1.82, 2.24) is 0 Å². The van der Waals surface area contributed by atoms with Crippen molar-refractivity contribution in [3.63, 3.8) is 0 Å². The molecular formula is C15H16FNO. The highest BCUT2D eigenvalue weighted by atomic mass is 19.1. The summed E-state index contributed by atoms with van der Waals surface area (Å²) in [6.07, 6.45) is -0.805. The summed E-state index contributed by atoms with van der Waals surface area (Å²) in [4.78, 5) is 1.96. The summed E-state index contributed by atoms with van der Waals surface area (Å²) < 4.78 is 13.1. The topological polar surface area (TPSA) is 23.5 Å². The maximum absolute atomic E-state index is 13.1. The Hall–Kier alpha value is -1.87. The average Bonchev–Trinajstić information content (AvgIpc) is 2.38. The molecule has 0 aliphatic heterocycles. The summed E-state index contributed by atoms with van der Waals surface area (Å²) in [5.74, 6) is -0.338. The third-order valence-electron chi connectivity index (χ3n) is 2.87. The van der Waals surface area contributed by atoms with Gasteiger partial charge in [0.2, 0.25) is 0 Å². The molecule has 2 aromatic carbocycles. The molecule has 2 aromatic rings. The van der Waals surface area contributed by atoms with E-state index >= 15 is 0 Å². The molecular weight excluding hydrogens is 229 g/mol. The first-order valence-electron chi connectivity index (χ1n) is 5.79. The van der Waals surface area contributed by atoms with Gasteiger partial charge in [0, 0.05) is 19.8 Å². The van der Waals surface area contributed by atoms with Crippen molar-refractivity contribution in [1.29, 1.82) is 0 Å². The van der Waals surface area contributed by atoms with Gasteiger partial charge in [-0.2, -0.15) is 0 Å². The molecule has 1 atom stereocenters. The van der Waals surface area contributed by atoms with Crippen molar-refractivity contribution in [2.24, 2.45) is 0 Å². The van der Waals surface area contributed by atoms with Crippen LogP contribution in [-0.4, -0.2) is 19.2 Å². The van der Waals surface area contributed by atoms with Gasteiger partial charge in [-0.3, -0.25) is 0 Å². The summed E-state index contributed by atoms with van der Waals surface area (Å²) in [5.41, 5.74) is 2.32. The van der Waals surface area contributed by atoms with Gasteiger partial charge in [0.25, 0.3) is 0 Å². The Morgan fingerprint density at radius 3 is 2.22 bits per heavy atom. The van der Waals surface area contributed by atoms with Crippen molar-refractivity contribution in [2.45, 2.75) is 6.10 Å². The second-order valence-corrected chi connectivity index (χ2v) is 4.45. The smallest absolute Gasteiger partial charge is 0.123 e. The third-order valence-corrected chi connectivity index (χ3v) is 2.87. The summed E-state index contributed by atoms with van der Waals surface area (Å²) >= 11 is 0. The van der Waals surface area contributed by atoms with Gasteiger partial charge in [0.15, 0.2) is 0 Å². The van der Waals surface area contributed by atoms with Gasteiger partial charge in [0.05, 0.1) is 0 Å². The number of halogens is 1. The molecule has 2 rings (SSSR count). The number of aliphatic hydroxyl groups is 1. The second kappa shape index (κ2) is 5.19. The Kier molecular flexibility index (Phi) is 3.63. The van der Waals surface area contributed by atoms with Crippen LogP contribution in [0.1, 0.15) is 17.2 Å². The lowest BCUT2D eigenvalue weighted by atomic mass is 10.0. The van der Waals surface area contributed by atoms with Crippen molar-refractivity contribution in [2.75, 3.05) is 19.0 Å². The van der Waals surface area contributed by atoms with Crippen LogP contribution in [0.3, 0.4) is 0 Å². The summed E-state index contributed by atoms with van der Waals surface area (Å²) in [6.45, 7) is 0. The van der Waals surface area contributed by atoms with E-state index in [1.54, 1.807) is 12.1 Å². The lowest BCUT2D eigenvalue weighted by Crippen LogP contribution is -2.09. The lowest BCUT2D eigenvalue weighted by Gasteiger charge is -2.16. The Labute approximate surface area is 106 Å². The molecule has 0 amide bonds. The fourth-order valence-electron chi connectivity index (χ4n) is 1.84. The molecule has 0 aromatic heterocycles. The predicted molar refractivity (Wildman–Crippen MR) is 71.2 cm³/mol. The van der Waals surface area contributed by atoms with Gasteiger partial charge >= 0.3 is 0 Å². The van der Waals surface area contributed by atoms with Crippen molar-refractivity contribution < 1.29 is 9.50 Å². The fraction of sp³-hybridized carbons (Fsp3) is 0.200. The fourth-order valence-corrected chi connectivity index (χ4v) is 1.84. The molecule has 0 radical (unpaired) electrons. The summed E-state index contributed by atoms with van der Waals surface area (Å²) in [7, 11) is 3.88. The lowest BCUT2D eigenvalue weighted by molar-refractivity contribution is 0.220. The number of aliphatic hydroxyl groups excluding tert-OH is 1. The van der Waals surface area contributed by atoms with Gasteiger partial charge in [-0.1, -0.05) is 24.3 Å². The van der Waals surface area contributed by atoms with Crippen LogP contribution in [0.15, 0.2) is 48.5 Å². The SMILES string of the molecule is CN(C)c1cccc(C(O)c2cccc(F)c2)c1. The van der Waals surface area contributed by atoms with E-state index in [0.29, 0.717) is 5.56 Å². The molecule has 1 unspecified atom stereocenters. The zero-order valence-corrected chi connectivity index (χ0v) is 10.5. The van der Waals surface area contributed by atoms with E-state index in [1.165, 1.54) is 12.1 Å². The quantitative estimate of drug-likeness (QED) is 0.898. The molecule has 0 heterocycles. The number of hydrogen-bond acceptors (Lipinski definition) is 2. The zero-order chi connectivity index (χ0) is 13.1. The molecule has 18 heavy (non-hydrogen) atoms. The van der Waals surface area contributed by atoms with Gasteiger partial charge in [0.1, 0.15) is 11.9 Å². The van der Waals surface area contributed by atoms with Crippen molar-refractivity contribution in [3.05, 3.63) is 65.5 Å². The standard InChI is InChI=1S/C15H16FNO/c1-17(2)14-8-4-6-12(10-14)15(18)11-5-3-7-13(16)9-11/h3-10,15,18H,1-2H3. The van der Waals surface area contributed by atoms with Crippen LogP contribution in [0, 0.1) is 5.82 Å². The highest BCUT2D eigenvalue weighted by Gasteiger charge is 2.11. The van der Waals surface area contributed by atoms with E-state index in [2.05, 4.69) is 0 Å². The number of hydrogen-bond donors (Lipinski definition) is 1. The number of anilines is 1. The van der Waals surface area contributed by atoms with E-state index in [4.69, 9.17) is 0 Å². The van der Waals surface area contributed by atoms with Crippen LogP contribution in [0.4, 0.5) is 10.1 Å². The van der Waals surface area contributed by atoms with Crippen LogP contribution in [0.5, 0.6) is 0 Å². The Morgan fingerprint density at radius 2 is 1.61 bits per heavy atom. The second-order valence-electron chi connectivity index (χ2n) is 4.45. The Balaban J connectivity index is 2.33. The Morgan fingerprint density at radius 1 is 1.00 bits per heavy atom. The minimum absolute atomic E-state index is 0.338. The van der Waals surface area contributed by atoms with Crippen molar-refractivity contribution >= 4 is 5.69 Å². The maximum atomic E-state index is 13.1. The molecule has 0 saturated heterocycles. The molecule has 0 aliphatic rings. The van der Waals surface area contributed by atoms with Crippen LogP contribution in [0.25, 0.3) is 0 Å². The normalized spacial score (nSPS) is 12.2. The van der Waals surface area contributed by atoms with Gasteiger partial charge in [-0.05, 0) is 35.4 Å². The van der Waals surface area contributed by atoms with E-state index in [0.717, 1.165) is 11.3 Å². The van der Waals surface area contributed by atoms with Crippen LogP contribution >= 0.6 is 0 Å². The van der Waals surface area contributed by atoms with Crippen LogP contribution in [-0.2, 0) is 0 Å². The molecule has 94 valence electrons. The molecule has 0 fully saturated rings. The number of nitrogens with zero attached hydrogens (tertiary/aromatic N) is 1. The minimum Gasteiger partial charge on any atom is -0.384 e. The van der Waals surface area contributed by atoms with Gasteiger partial charge in [-0.15, -0.1) is 0 Å². The van der Waals surface area contributed by atoms with Gasteiger partial charge in [-0.25, -0.2) is 4.39 Å². The third kappa shape index (κ3) is 2.68. The largest absolute Gasteiger partial charge is 0.384 e. The zero-order valence-electron chi connectivity index (χ0n) is 10.5. The molecule has 1 N–H and O–H groups in total. The van der Waals surface area contributed by atoms with E-state index in [9.17, 15) is 9.50 Å².